The van der Waals surface area contributed by atoms with E-state index in [0.29, 0.717) is 5.75 Å². The van der Waals surface area contributed by atoms with E-state index < -0.39 is 36.9 Å². The minimum Gasteiger partial charge on any atom is -0.481 e. The van der Waals surface area contributed by atoms with Gasteiger partial charge in [-0.05, 0) is 31.0 Å². The van der Waals surface area contributed by atoms with Crippen molar-refractivity contribution in [3.05, 3.63) is 29.8 Å². The van der Waals surface area contributed by atoms with Crippen LogP contribution in [0.25, 0.3) is 0 Å². The highest BCUT2D eigenvalue weighted by molar-refractivity contribution is 5.86. The van der Waals surface area contributed by atoms with Gasteiger partial charge >= 0.3 is 5.97 Å². The Morgan fingerprint density at radius 2 is 2.05 bits per heavy atom. The van der Waals surface area contributed by atoms with Crippen LogP contribution in [-0.4, -0.2) is 35.6 Å². The van der Waals surface area contributed by atoms with Crippen molar-refractivity contribution in [1.29, 1.82) is 0 Å². The second kappa shape index (κ2) is 8.31. The maximum Gasteiger partial charge on any atom is 0.326 e. The molecular weight excluding hydrogens is 296 g/mol. The Kier molecular flexibility index (Phi) is 6.75. The van der Waals surface area contributed by atoms with E-state index in [0.717, 1.165) is 5.56 Å². The molecule has 0 saturated carbocycles. The van der Waals surface area contributed by atoms with Crippen LogP contribution in [0.4, 0.5) is 8.78 Å². The highest BCUT2D eigenvalue weighted by Gasteiger charge is 2.28. The molecule has 1 aromatic carbocycles. The normalized spacial score (nSPS) is 13.5. The van der Waals surface area contributed by atoms with Crippen molar-refractivity contribution in [1.82, 2.24) is 5.32 Å². The average molecular weight is 315 g/mol. The summed E-state index contributed by atoms with van der Waals surface area (Å²) in [6.07, 6.45) is -4.43. The Balaban J connectivity index is 2.72. The van der Waals surface area contributed by atoms with Gasteiger partial charge in [0.15, 0.2) is 6.10 Å². The lowest BCUT2D eigenvalue weighted by molar-refractivity contribution is -0.144. The molecule has 0 heterocycles. The van der Waals surface area contributed by atoms with E-state index in [1.54, 1.807) is 25.1 Å². The van der Waals surface area contributed by atoms with Gasteiger partial charge in [-0.3, -0.25) is 4.79 Å². The van der Waals surface area contributed by atoms with Gasteiger partial charge in [-0.2, -0.15) is 0 Å². The van der Waals surface area contributed by atoms with Crippen LogP contribution in [0, 0.1) is 6.92 Å². The number of halogens is 2. The van der Waals surface area contributed by atoms with E-state index in [9.17, 15) is 18.4 Å². The third kappa shape index (κ3) is 5.67. The van der Waals surface area contributed by atoms with Crippen LogP contribution in [0.15, 0.2) is 24.3 Å². The number of nitrogens with one attached hydrogen (secondary N) is 1. The van der Waals surface area contributed by atoms with Crippen molar-refractivity contribution in [2.75, 3.05) is 0 Å². The fourth-order valence-corrected chi connectivity index (χ4v) is 1.84. The topological polar surface area (TPSA) is 75.6 Å². The third-order valence-corrected chi connectivity index (χ3v) is 2.96. The lowest BCUT2D eigenvalue weighted by atomic mass is 10.1. The molecule has 0 saturated heterocycles. The molecule has 7 heteroatoms. The summed E-state index contributed by atoms with van der Waals surface area (Å²) in [6.45, 7) is 3.54. The maximum atomic E-state index is 12.3. The highest BCUT2D eigenvalue weighted by Crippen LogP contribution is 2.16. The van der Waals surface area contributed by atoms with Crippen LogP contribution in [0.2, 0.25) is 0 Å². The number of hydrogen-bond acceptors (Lipinski definition) is 3. The molecule has 1 rings (SSSR count). The van der Waals surface area contributed by atoms with Gasteiger partial charge in [0.1, 0.15) is 11.8 Å². The number of aryl methyl sites for hydroxylation is 1. The standard InChI is InChI=1S/C15H19F2NO4/c1-3-12(22-10-6-4-5-9(2)7-10)14(19)18-11(15(20)21)8-13(16)17/h4-7,11-13H,3,8H2,1-2H3,(H,18,19)(H,20,21). The molecule has 1 aromatic rings. The first-order chi connectivity index (χ1) is 10.3. The van der Waals surface area contributed by atoms with Crippen molar-refractivity contribution in [2.45, 2.75) is 45.3 Å². The zero-order valence-electron chi connectivity index (χ0n) is 12.4. The van der Waals surface area contributed by atoms with E-state index in [1.807, 2.05) is 13.0 Å². The molecule has 2 atom stereocenters. The number of amides is 1. The number of rotatable bonds is 8. The van der Waals surface area contributed by atoms with Crippen molar-refractivity contribution in [2.24, 2.45) is 0 Å². The lowest BCUT2D eigenvalue weighted by Gasteiger charge is -2.20. The van der Waals surface area contributed by atoms with E-state index in [2.05, 4.69) is 5.32 Å². The van der Waals surface area contributed by atoms with Crippen LogP contribution in [-0.2, 0) is 9.59 Å². The summed E-state index contributed by atoms with van der Waals surface area (Å²) in [4.78, 5) is 22.9. The van der Waals surface area contributed by atoms with Crippen molar-refractivity contribution in [3.8, 4) is 5.75 Å². The van der Waals surface area contributed by atoms with Gasteiger partial charge in [-0.1, -0.05) is 19.1 Å². The lowest BCUT2D eigenvalue weighted by Crippen LogP contribution is -2.47. The molecule has 1 amide bonds. The Bertz CT molecular complexity index is 522. The van der Waals surface area contributed by atoms with E-state index >= 15 is 0 Å². The molecule has 0 fully saturated rings. The predicted octanol–water partition coefficient (Wildman–Crippen LogP) is 2.38. The number of alkyl halides is 2. The fraction of sp³-hybridized carbons (Fsp3) is 0.467. The van der Waals surface area contributed by atoms with Gasteiger partial charge in [0, 0.05) is 6.42 Å². The average Bonchev–Trinajstić information content (AvgIpc) is 2.43. The van der Waals surface area contributed by atoms with Crippen molar-refractivity contribution < 1.29 is 28.2 Å². The Morgan fingerprint density at radius 1 is 1.36 bits per heavy atom. The molecule has 0 bridgehead atoms. The van der Waals surface area contributed by atoms with E-state index in [4.69, 9.17) is 9.84 Å². The first kappa shape index (κ1) is 17.9. The molecule has 2 unspecified atom stereocenters. The molecule has 122 valence electrons. The quantitative estimate of drug-likeness (QED) is 0.772. The minimum absolute atomic E-state index is 0.279. The smallest absolute Gasteiger partial charge is 0.326 e. The zero-order valence-corrected chi connectivity index (χ0v) is 12.4. The van der Waals surface area contributed by atoms with Gasteiger partial charge in [-0.25, -0.2) is 13.6 Å². The van der Waals surface area contributed by atoms with Crippen LogP contribution >= 0.6 is 0 Å². The fourth-order valence-electron chi connectivity index (χ4n) is 1.84. The van der Waals surface area contributed by atoms with Crippen molar-refractivity contribution in [3.63, 3.8) is 0 Å². The molecule has 2 N–H and O–H groups in total. The Morgan fingerprint density at radius 3 is 2.55 bits per heavy atom. The van der Waals surface area contributed by atoms with Gasteiger partial charge in [0.2, 0.25) is 6.43 Å². The monoisotopic (exact) mass is 315 g/mol. The predicted molar refractivity (Wildman–Crippen MR) is 76.1 cm³/mol. The molecule has 0 aliphatic carbocycles. The number of ether oxygens (including phenoxy) is 1. The Labute approximate surface area is 127 Å². The van der Waals surface area contributed by atoms with Crippen LogP contribution in [0.3, 0.4) is 0 Å². The van der Waals surface area contributed by atoms with Crippen LogP contribution in [0.1, 0.15) is 25.3 Å². The minimum atomic E-state index is -2.82. The maximum absolute atomic E-state index is 12.3. The molecule has 22 heavy (non-hydrogen) atoms. The summed E-state index contributed by atoms with van der Waals surface area (Å²) in [5.74, 6) is -1.76. The number of carbonyl (C=O) groups excluding carboxylic acids is 1. The highest BCUT2D eigenvalue weighted by atomic mass is 19.3. The van der Waals surface area contributed by atoms with E-state index in [1.165, 1.54) is 0 Å². The van der Waals surface area contributed by atoms with Gasteiger partial charge in [0.05, 0.1) is 0 Å². The summed E-state index contributed by atoms with van der Waals surface area (Å²) < 4.78 is 30.1. The molecular formula is C15H19F2NO4. The number of benzene rings is 1. The number of hydrogen-bond donors (Lipinski definition) is 2. The summed E-state index contributed by atoms with van der Waals surface area (Å²) >= 11 is 0. The molecule has 0 spiro atoms. The zero-order chi connectivity index (χ0) is 16.7. The molecule has 0 aliphatic rings. The summed E-state index contributed by atoms with van der Waals surface area (Å²) in [7, 11) is 0. The first-order valence-electron chi connectivity index (χ1n) is 6.88. The number of carboxylic acid groups (broad SMARTS) is 1. The SMILES string of the molecule is CCC(Oc1cccc(C)c1)C(=O)NC(CC(F)F)C(=O)O. The summed E-state index contributed by atoms with van der Waals surface area (Å²) in [5.41, 5.74) is 0.939. The number of carboxylic acids is 1. The van der Waals surface area contributed by atoms with Gasteiger partial charge < -0.3 is 15.2 Å². The molecule has 0 aromatic heterocycles. The van der Waals surface area contributed by atoms with Crippen LogP contribution < -0.4 is 10.1 Å². The molecule has 5 nitrogen and oxygen atoms in total. The number of carbonyl (C=O) groups is 2. The molecule has 0 aliphatic heterocycles. The molecule has 0 radical (unpaired) electrons. The third-order valence-electron chi connectivity index (χ3n) is 2.96. The number of aliphatic carboxylic acids is 1. The largest absolute Gasteiger partial charge is 0.481 e. The first-order valence-corrected chi connectivity index (χ1v) is 6.88. The van der Waals surface area contributed by atoms with Crippen molar-refractivity contribution >= 4 is 11.9 Å². The van der Waals surface area contributed by atoms with Gasteiger partial charge in [0.25, 0.3) is 5.91 Å². The second-order valence-corrected chi connectivity index (χ2v) is 4.86. The van der Waals surface area contributed by atoms with Crippen LogP contribution in [0.5, 0.6) is 5.75 Å². The summed E-state index contributed by atoms with van der Waals surface area (Å²) in [5, 5.41) is 11.0. The summed E-state index contributed by atoms with van der Waals surface area (Å²) in [6, 6.07) is 5.37. The van der Waals surface area contributed by atoms with Gasteiger partial charge in [-0.15, -0.1) is 0 Å². The Hall–Kier alpha value is -2.18. The van der Waals surface area contributed by atoms with E-state index in [-0.39, 0.29) is 6.42 Å². The second-order valence-electron chi connectivity index (χ2n) is 4.86.